The molecule has 0 fully saturated rings. The van der Waals surface area contributed by atoms with Gasteiger partial charge in [0.05, 0.1) is 5.69 Å². The van der Waals surface area contributed by atoms with Crippen LogP contribution in [0.4, 0.5) is 17.1 Å². The highest BCUT2D eigenvalue weighted by molar-refractivity contribution is 7.26. The van der Waals surface area contributed by atoms with Crippen molar-refractivity contribution in [3.8, 4) is 22.3 Å². The van der Waals surface area contributed by atoms with Gasteiger partial charge in [-0.15, -0.1) is 11.3 Å². The molecule has 0 atom stereocenters. The second-order valence-corrected chi connectivity index (χ2v) is 12.5. The highest BCUT2D eigenvalue weighted by Gasteiger charge is 2.37. The van der Waals surface area contributed by atoms with Gasteiger partial charge < -0.3 is 4.90 Å². The van der Waals surface area contributed by atoms with Crippen LogP contribution < -0.4 is 4.90 Å². The minimum absolute atomic E-state index is 0.0743. The molecule has 8 rings (SSSR count). The number of anilines is 3. The lowest BCUT2D eigenvalue weighted by Gasteiger charge is -2.28. The summed E-state index contributed by atoms with van der Waals surface area (Å²) in [6, 6.07) is 51.0. The molecule has 41 heavy (non-hydrogen) atoms. The average Bonchev–Trinajstić information content (AvgIpc) is 3.51. The molecule has 1 aromatic heterocycles. The van der Waals surface area contributed by atoms with Crippen molar-refractivity contribution in [1.82, 2.24) is 0 Å². The first kappa shape index (κ1) is 24.2. The van der Waals surface area contributed by atoms with Crippen LogP contribution in [0, 0.1) is 0 Å². The Morgan fingerprint density at radius 3 is 2.07 bits per heavy atom. The van der Waals surface area contributed by atoms with E-state index in [0.717, 1.165) is 5.69 Å². The lowest BCUT2D eigenvalue weighted by atomic mass is 9.82. The largest absolute Gasteiger partial charge is 0.310 e. The molecule has 0 saturated carbocycles. The number of nitrogens with zero attached hydrogens (tertiary/aromatic N) is 1. The first-order chi connectivity index (χ1) is 20.1. The van der Waals surface area contributed by atoms with E-state index < -0.39 is 0 Å². The molecular formula is C39H29NS. The molecule has 1 aliphatic rings. The Labute approximate surface area is 245 Å². The summed E-state index contributed by atoms with van der Waals surface area (Å²) in [6.45, 7) is 4.72. The number of fused-ring (bicyclic) bond motifs is 6. The summed E-state index contributed by atoms with van der Waals surface area (Å²) in [7, 11) is 0. The summed E-state index contributed by atoms with van der Waals surface area (Å²) in [5, 5.41) is 2.62. The molecule has 0 bridgehead atoms. The smallest absolute Gasteiger partial charge is 0.0554 e. The predicted molar refractivity (Wildman–Crippen MR) is 177 cm³/mol. The van der Waals surface area contributed by atoms with E-state index in [-0.39, 0.29) is 5.41 Å². The van der Waals surface area contributed by atoms with E-state index in [9.17, 15) is 0 Å². The van der Waals surface area contributed by atoms with Gasteiger partial charge in [-0.1, -0.05) is 111 Å². The standard InChI is InChI=1S/C39H29NS/c1-39(2)32-24-23-28(25-31(32)37-29(18-11-19-33(37)39)26-13-5-3-6-14-26)40(27-15-7-4-8-16-27)34-20-12-22-36-38(34)30-17-9-10-21-35(30)41-36/h3-25H,1-2H3. The summed E-state index contributed by atoms with van der Waals surface area (Å²) >= 11 is 1.87. The van der Waals surface area contributed by atoms with Crippen LogP contribution in [0.25, 0.3) is 42.4 Å². The zero-order valence-corrected chi connectivity index (χ0v) is 24.0. The summed E-state index contributed by atoms with van der Waals surface area (Å²) in [4.78, 5) is 2.44. The molecule has 0 spiro atoms. The topological polar surface area (TPSA) is 3.24 Å². The van der Waals surface area contributed by atoms with E-state index in [1.54, 1.807) is 0 Å². The molecule has 7 aromatic rings. The molecule has 0 N–H and O–H groups in total. The van der Waals surface area contributed by atoms with Crippen LogP contribution in [-0.2, 0) is 5.41 Å². The second kappa shape index (κ2) is 9.19. The molecule has 0 unspecified atom stereocenters. The van der Waals surface area contributed by atoms with Gasteiger partial charge in [0.25, 0.3) is 0 Å². The van der Waals surface area contributed by atoms with E-state index in [4.69, 9.17) is 0 Å². The number of para-hydroxylation sites is 1. The van der Waals surface area contributed by atoms with Crippen molar-refractivity contribution in [2.75, 3.05) is 4.90 Å². The second-order valence-electron chi connectivity index (χ2n) is 11.4. The Morgan fingerprint density at radius 2 is 1.24 bits per heavy atom. The Balaban J connectivity index is 1.40. The number of hydrogen-bond acceptors (Lipinski definition) is 2. The quantitative estimate of drug-likeness (QED) is 0.213. The lowest BCUT2D eigenvalue weighted by molar-refractivity contribution is 0.660. The van der Waals surface area contributed by atoms with Gasteiger partial charge in [0.2, 0.25) is 0 Å². The van der Waals surface area contributed by atoms with Crippen LogP contribution in [0.5, 0.6) is 0 Å². The Morgan fingerprint density at radius 1 is 0.537 bits per heavy atom. The fraction of sp³-hybridized carbons (Fsp3) is 0.0769. The SMILES string of the molecule is CC1(C)c2ccc(N(c3ccccc3)c3cccc4sc5ccccc5c34)cc2-c2c(-c3ccccc3)cccc21. The Kier molecular flexibility index (Phi) is 5.42. The van der Waals surface area contributed by atoms with Gasteiger partial charge in [-0.25, -0.2) is 0 Å². The van der Waals surface area contributed by atoms with Crippen LogP contribution in [0.15, 0.2) is 140 Å². The third kappa shape index (κ3) is 3.68. The van der Waals surface area contributed by atoms with Crippen molar-refractivity contribution in [2.24, 2.45) is 0 Å². The van der Waals surface area contributed by atoms with Gasteiger partial charge in [-0.2, -0.15) is 0 Å². The summed E-state index contributed by atoms with van der Waals surface area (Å²) in [5.74, 6) is 0. The van der Waals surface area contributed by atoms with Crippen molar-refractivity contribution in [1.29, 1.82) is 0 Å². The molecule has 2 heteroatoms. The van der Waals surface area contributed by atoms with Gasteiger partial charge in [0.1, 0.15) is 0 Å². The molecule has 196 valence electrons. The first-order valence-corrected chi connectivity index (χ1v) is 15.0. The van der Waals surface area contributed by atoms with Gasteiger partial charge in [0, 0.05) is 37.0 Å². The maximum absolute atomic E-state index is 2.44. The van der Waals surface area contributed by atoms with Crippen LogP contribution in [0.1, 0.15) is 25.0 Å². The van der Waals surface area contributed by atoms with Gasteiger partial charge in [-0.3, -0.25) is 0 Å². The normalized spacial score (nSPS) is 13.3. The molecule has 6 aromatic carbocycles. The third-order valence-electron chi connectivity index (χ3n) is 8.66. The molecule has 1 aliphatic carbocycles. The van der Waals surface area contributed by atoms with Crippen LogP contribution in [-0.4, -0.2) is 0 Å². The van der Waals surface area contributed by atoms with Crippen LogP contribution >= 0.6 is 11.3 Å². The van der Waals surface area contributed by atoms with Crippen molar-refractivity contribution in [3.05, 3.63) is 151 Å². The monoisotopic (exact) mass is 543 g/mol. The molecule has 1 heterocycles. The van der Waals surface area contributed by atoms with Crippen molar-refractivity contribution >= 4 is 48.6 Å². The minimum atomic E-state index is -0.0743. The molecule has 0 amide bonds. The zero-order chi connectivity index (χ0) is 27.6. The minimum Gasteiger partial charge on any atom is -0.310 e. The zero-order valence-electron chi connectivity index (χ0n) is 23.1. The molecule has 0 aliphatic heterocycles. The Bertz CT molecular complexity index is 2070. The molecule has 0 radical (unpaired) electrons. The van der Waals surface area contributed by atoms with Crippen molar-refractivity contribution in [2.45, 2.75) is 19.3 Å². The third-order valence-corrected chi connectivity index (χ3v) is 9.80. The van der Waals surface area contributed by atoms with E-state index in [2.05, 4.69) is 158 Å². The molecule has 1 nitrogen and oxygen atoms in total. The van der Waals surface area contributed by atoms with E-state index in [1.165, 1.54) is 64.9 Å². The van der Waals surface area contributed by atoms with Crippen LogP contribution in [0.3, 0.4) is 0 Å². The highest BCUT2D eigenvalue weighted by Crippen LogP contribution is 2.54. The maximum atomic E-state index is 2.44. The molecule has 0 saturated heterocycles. The number of rotatable bonds is 4. The van der Waals surface area contributed by atoms with Crippen LogP contribution in [0.2, 0.25) is 0 Å². The first-order valence-electron chi connectivity index (χ1n) is 14.2. The van der Waals surface area contributed by atoms with E-state index in [0.29, 0.717) is 0 Å². The number of thiophene rings is 1. The highest BCUT2D eigenvalue weighted by atomic mass is 32.1. The fourth-order valence-corrected chi connectivity index (χ4v) is 7.86. The predicted octanol–water partition coefficient (Wildman–Crippen LogP) is 11.5. The van der Waals surface area contributed by atoms with E-state index >= 15 is 0 Å². The number of hydrogen-bond donors (Lipinski definition) is 0. The van der Waals surface area contributed by atoms with Gasteiger partial charge in [0.15, 0.2) is 0 Å². The summed E-state index contributed by atoms with van der Waals surface area (Å²) < 4.78 is 2.63. The summed E-state index contributed by atoms with van der Waals surface area (Å²) in [5.41, 5.74) is 11.5. The van der Waals surface area contributed by atoms with Gasteiger partial charge >= 0.3 is 0 Å². The fourth-order valence-electron chi connectivity index (χ4n) is 6.74. The van der Waals surface area contributed by atoms with Gasteiger partial charge in [-0.05, 0) is 75.8 Å². The van der Waals surface area contributed by atoms with E-state index in [1.807, 2.05) is 11.3 Å². The Hall–Kier alpha value is -4.66. The maximum Gasteiger partial charge on any atom is 0.0554 e. The number of benzene rings is 6. The lowest BCUT2D eigenvalue weighted by Crippen LogP contribution is -2.15. The van der Waals surface area contributed by atoms with Crippen molar-refractivity contribution < 1.29 is 0 Å². The van der Waals surface area contributed by atoms with Crippen molar-refractivity contribution in [3.63, 3.8) is 0 Å². The molecular weight excluding hydrogens is 515 g/mol. The average molecular weight is 544 g/mol. The summed E-state index contributed by atoms with van der Waals surface area (Å²) in [6.07, 6.45) is 0.